The maximum absolute atomic E-state index is 13.2. The molecule has 0 saturated heterocycles. The third kappa shape index (κ3) is 8.55. The van der Waals surface area contributed by atoms with Crippen LogP contribution in [-0.4, -0.2) is 65.5 Å². The Hall–Kier alpha value is -2.52. The van der Waals surface area contributed by atoms with Gasteiger partial charge in [0.2, 0.25) is 5.91 Å². The number of nitrogens with zero attached hydrogens (tertiary/aromatic N) is 3. The molecule has 3 rings (SSSR count). The number of aromatic nitrogens is 1. The van der Waals surface area contributed by atoms with Crippen molar-refractivity contribution in [2.45, 2.75) is 71.4 Å². The Labute approximate surface area is 218 Å². The number of benzene rings is 1. The Morgan fingerprint density at radius 2 is 1.94 bits per heavy atom. The second-order valence-electron chi connectivity index (χ2n) is 9.89. The zero-order valence-electron chi connectivity index (χ0n) is 21.9. The molecule has 3 atom stereocenters. The van der Waals surface area contributed by atoms with Crippen molar-refractivity contribution in [1.29, 1.82) is 0 Å². The summed E-state index contributed by atoms with van der Waals surface area (Å²) in [5.74, 6) is 0.140. The molecule has 1 heterocycles. The van der Waals surface area contributed by atoms with E-state index in [2.05, 4.69) is 27.4 Å². The van der Waals surface area contributed by atoms with E-state index >= 15 is 0 Å². The number of thiazole rings is 1. The predicted molar refractivity (Wildman–Crippen MR) is 144 cm³/mol. The van der Waals surface area contributed by atoms with Crippen molar-refractivity contribution in [2.75, 3.05) is 32.0 Å². The van der Waals surface area contributed by atoms with Gasteiger partial charge in [-0.25, -0.2) is 14.2 Å². The second kappa shape index (κ2) is 13.7. The van der Waals surface area contributed by atoms with Crippen LogP contribution in [0.2, 0.25) is 0 Å². The number of amides is 3. The number of hydrogen-bond donors (Lipinski definition) is 2. The van der Waals surface area contributed by atoms with Gasteiger partial charge in [0.15, 0.2) is 5.13 Å². The zero-order chi connectivity index (χ0) is 26.1. The summed E-state index contributed by atoms with van der Waals surface area (Å²) in [5.41, 5.74) is 2.03. The van der Waals surface area contributed by atoms with Gasteiger partial charge in [0.25, 0.3) is 0 Å². The Bertz CT molecular complexity index is 983. The Kier molecular flexibility index (Phi) is 10.7. The molecule has 198 valence electrons. The molecule has 7 nitrogen and oxygen atoms in total. The van der Waals surface area contributed by atoms with Crippen molar-refractivity contribution in [2.24, 2.45) is 5.92 Å². The molecule has 0 radical (unpaired) electrons. The number of hydrogen-bond acceptors (Lipinski definition) is 5. The number of urea groups is 1. The molecule has 0 aliphatic heterocycles. The number of aryl methyl sites for hydroxylation is 2. The first-order chi connectivity index (χ1) is 17.2. The summed E-state index contributed by atoms with van der Waals surface area (Å²) in [7, 11) is 1.85. The zero-order valence-corrected chi connectivity index (χ0v) is 22.7. The highest BCUT2D eigenvalue weighted by Gasteiger charge is 2.35. The second-order valence-corrected chi connectivity index (χ2v) is 10.7. The molecule has 3 amide bonds. The highest BCUT2D eigenvalue weighted by molar-refractivity contribution is 7.13. The van der Waals surface area contributed by atoms with E-state index in [1.165, 1.54) is 23.5 Å². The number of nitrogens with one attached hydrogen (secondary N) is 2. The van der Waals surface area contributed by atoms with Gasteiger partial charge in [0.05, 0.1) is 5.69 Å². The first-order valence-corrected chi connectivity index (χ1v) is 13.8. The molecule has 1 fully saturated rings. The Morgan fingerprint density at radius 1 is 1.19 bits per heavy atom. The van der Waals surface area contributed by atoms with Gasteiger partial charge in [-0.3, -0.25) is 10.1 Å². The molecule has 2 aromatic rings. The minimum Gasteiger partial charge on any atom is -0.343 e. The van der Waals surface area contributed by atoms with Crippen molar-refractivity contribution in [3.05, 3.63) is 46.7 Å². The number of halogens is 1. The summed E-state index contributed by atoms with van der Waals surface area (Å²) >= 11 is 1.41. The van der Waals surface area contributed by atoms with E-state index in [4.69, 9.17) is 0 Å². The first-order valence-electron chi connectivity index (χ1n) is 12.9. The molecule has 1 aromatic heterocycles. The molecule has 0 bridgehead atoms. The third-order valence-corrected chi connectivity index (χ3v) is 7.93. The number of rotatable bonds is 11. The minimum absolute atomic E-state index is 0.0388. The molecular weight excluding hydrogens is 477 g/mol. The van der Waals surface area contributed by atoms with E-state index < -0.39 is 0 Å². The van der Waals surface area contributed by atoms with E-state index in [0.717, 1.165) is 69.4 Å². The minimum atomic E-state index is -0.246. The normalized spacial score (nSPS) is 19.8. The monoisotopic (exact) mass is 517 g/mol. The summed E-state index contributed by atoms with van der Waals surface area (Å²) in [6, 6.07) is 6.58. The van der Waals surface area contributed by atoms with Crippen molar-refractivity contribution in [3.8, 4) is 0 Å². The van der Waals surface area contributed by atoms with Crippen molar-refractivity contribution in [3.63, 3.8) is 0 Å². The van der Waals surface area contributed by atoms with Crippen molar-refractivity contribution < 1.29 is 14.0 Å². The molecule has 1 aromatic carbocycles. The van der Waals surface area contributed by atoms with Crippen LogP contribution in [-0.2, 0) is 11.2 Å². The molecule has 36 heavy (non-hydrogen) atoms. The molecular formula is C27H40FN5O2S. The molecule has 2 N–H and O–H groups in total. The number of carbonyl (C=O) groups excluding carboxylic acids is 2. The lowest BCUT2D eigenvalue weighted by Crippen LogP contribution is -2.53. The summed E-state index contributed by atoms with van der Waals surface area (Å²) in [5, 5.41) is 8.56. The molecule has 9 heteroatoms. The lowest BCUT2D eigenvalue weighted by atomic mass is 9.80. The lowest BCUT2D eigenvalue weighted by Gasteiger charge is -2.41. The lowest BCUT2D eigenvalue weighted by molar-refractivity contribution is -0.130. The van der Waals surface area contributed by atoms with Crippen LogP contribution in [0.15, 0.2) is 29.6 Å². The van der Waals surface area contributed by atoms with E-state index in [1.807, 2.05) is 31.5 Å². The average molecular weight is 518 g/mol. The van der Waals surface area contributed by atoms with Crippen LogP contribution in [0.25, 0.3) is 0 Å². The highest BCUT2D eigenvalue weighted by atomic mass is 32.1. The van der Waals surface area contributed by atoms with Gasteiger partial charge >= 0.3 is 6.03 Å². The van der Waals surface area contributed by atoms with E-state index in [0.29, 0.717) is 11.0 Å². The SMILES string of the molecule is CCCN(CCCc1ccc(F)cc1)C[C@@H]1CC[C@H](N(C)C(C)=O)C[C@H]1NC(=O)Nc1nc(C)cs1. The number of anilines is 1. The van der Waals surface area contributed by atoms with Gasteiger partial charge in [-0.1, -0.05) is 19.1 Å². The van der Waals surface area contributed by atoms with Gasteiger partial charge in [0.1, 0.15) is 5.82 Å². The van der Waals surface area contributed by atoms with Crippen LogP contribution in [0.1, 0.15) is 57.2 Å². The quantitative estimate of drug-likeness (QED) is 0.436. The van der Waals surface area contributed by atoms with Crippen LogP contribution in [0.5, 0.6) is 0 Å². The van der Waals surface area contributed by atoms with Gasteiger partial charge in [-0.2, -0.15) is 0 Å². The van der Waals surface area contributed by atoms with E-state index in [1.54, 1.807) is 11.8 Å². The maximum atomic E-state index is 13.2. The van der Waals surface area contributed by atoms with Crippen LogP contribution >= 0.6 is 11.3 Å². The van der Waals surface area contributed by atoms with Gasteiger partial charge < -0.3 is 15.1 Å². The fraction of sp³-hybridized carbons (Fsp3) is 0.593. The van der Waals surface area contributed by atoms with Crippen LogP contribution in [0.3, 0.4) is 0 Å². The van der Waals surface area contributed by atoms with Crippen LogP contribution in [0, 0.1) is 18.7 Å². The number of carbonyl (C=O) groups is 2. The fourth-order valence-corrected chi connectivity index (χ4v) is 5.71. The van der Waals surface area contributed by atoms with Crippen LogP contribution in [0.4, 0.5) is 14.3 Å². The standard InChI is InChI=1S/C27H40FN5O2S/c1-5-14-33(15-6-7-21-8-11-23(28)12-9-21)17-22-10-13-24(32(4)20(3)34)16-25(22)30-26(35)31-27-29-19(2)18-36-27/h8-9,11-12,18,22,24-25H,5-7,10,13-17H2,1-4H3,(H2,29,30,31,35)/t22-,24-,25+/m0/s1. The summed E-state index contributed by atoms with van der Waals surface area (Å²) in [6.45, 7) is 8.53. The van der Waals surface area contributed by atoms with E-state index in [9.17, 15) is 14.0 Å². The van der Waals surface area contributed by atoms with Crippen LogP contribution < -0.4 is 10.6 Å². The fourth-order valence-electron chi connectivity index (χ4n) is 5.03. The molecule has 0 spiro atoms. The summed E-state index contributed by atoms with van der Waals surface area (Å²) in [4.78, 5) is 33.5. The topological polar surface area (TPSA) is 77.6 Å². The van der Waals surface area contributed by atoms with Crippen molar-refractivity contribution >= 4 is 28.4 Å². The van der Waals surface area contributed by atoms with Gasteiger partial charge in [-0.15, -0.1) is 11.3 Å². The predicted octanol–water partition coefficient (Wildman–Crippen LogP) is 5.07. The molecule has 1 aliphatic carbocycles. The van der Waals surface area contributed by atoms with Gasteiger partial charge in [0, 0.05) is 38.0 Å². The highest BCUT2D eigenvalue weighted by Crippen LogP contribution is 2.29. The maximum Gasteiger partial charge on any atom is 0.321 e. The largest absolute Gasteiger partial charge is 0.343 e. The third-order valence-electron chi connectivity index (χ3n) is 7.05. The smallest absolute Gasteiger partial charge is 0.321 e. The molecule has 1 aliphatic rings. The van der Waals surface area contributed by atoms with Crippen molar-refractivity contribution in [1.82, 2.24) is 20.1 Å². The average Bonchev–Trinajstić information content (AvgIpc) is 3.25. The van der Waals surface area contributed by atoms with E-state index in [-0.39, 0.29) is 29.8 Å². The first kappa shape index (κ1) is 28.1. The molecule has 1 saturated carbocycles. The Morgan fingerprint density at radius 3 is 2.58 bits per heavy atom. The summed E-state index contributed by atoms with van der Waals surface area (Å²) < 4.78 is 13.2. The van der Waals surface area contributed by atoms with Gasteiger partial charge in [-0.05, 0) is 82.2 Å². The molecule has 0 unspecified atom stereocenters. The Balaban J connectivity index is 1.62. The summed E-state index contributed by atoms with van der Waals surface area (Å²) in [6.07, 6.45) is 5.58.